The van der Waals surface area contributed by atoms with Gasteiger partial charge in [0.1, 0.15) is 0 Å². The minimum absolute atomic E-state index is 0.0908. The number of carbonyl (C=O) groups excluding carboxylic acids is 1. The standard InChI is InChI=1S/C14H10BrNO/c15-10-5-6-11-9(7-10)8-16-13-4-2-1-3-12(13)14(11)17/h1-7,16H,8H2. The number of nitrogens with one attached hydrogen (secondary N) is 1. The number of rotatable bonds is 0. The second-order valence-electron chi connectivity index (χ2n) is 4.03. The van der Waals surface area contributed by atoms with Gasteiger partial charge in [0, 0.05) is 27.8 Å². The number of halogens is 1. The molecular weight excluding hydrogens is 278 g/mol. The summed E-state index contributed by atoms with van der Waals surface area (Å²) in [7, 11) is 0. The second-order valence-corrected chi connectivity index (χ2v) is 4.95. The van der Waals surface area contributed by atoms with Gasteiger partial charge in [0.05, 0.1) is 0 Å². The molecule has 1 N–H and O–H groups in total. The SMILES string of the molecule is O=C1c2ccc(Br)cc2CNc2ccccc21. The van der Waals surface area contributed by atoms with E-state index >= 15 is 0 Å². The Labute approximate surface area is 108 Å². The fourth-order valence-corrected chi connectivity index (χ4v) is 2.51. The van der Waals surface area contributed by atoms with Crippen molar-refractivity contribution in [1.29, 1.82) is 0 Å². The molecule has 2 aromatic rings. The maximum atomic E-state index is 12.4. The van der Waals surface area contributed by atoms with Crippen LogP contribution in [0.15, 0.2) is 46.9 Å². The Balaban J connectivity index is 2.20. The first-order valence-corrected chi connectivity index (χ1v) is 6.21. The molecule has 0 aliphatic carbocycles. The molecule has 0 aromatic heterocycles. The van der Waals surface area contributed by atoms with Crippen LogP contribution < -0.4 is 5.32 Å². The monoisotopic (exact) mass is 287 g/mol. The van der Waals surface area contributed by atoms with Gasteiger partial charge in [-0.15, -0.1) is 0 Å². The van der Waals surface area contributed by atoms with Crippen molar-refractivity contribution in [3.05, 3.63) is 63.6 Å². The van der Waals surface area contributed by atoms with Crippen molar-refractivity contribution in [3.8, 4) is 0 Å². The molecular formula is C14H10BrNO. The largest absolute Gasteiger partial charge is 0.380 e. The first kappa shape index (κ1) is 10.5. The Morgan fingerprint density at radius 2 is 1.88 bits per heavy atom. The third-order valence-electron chi connectivity index (χ3n) is 2.95. The zero-order valence-electron chi connectivity index (χ0n) is 9.03. The molecule has 0 atom stereocenters. The summed E-state index contributed by atoms with van der Waals surface area (Å²) in [6, 6.07) is 13.4. The predicted molar refractivity (Wildman–Crippen MR) is 71.3 cm³/mol. The fraction of sp³-hybridized carbons (Fsp3) is 0.0714. The molecule has 2 nitrogen and oxygen atoms in total. The van der Waals surface area contributed by atoms with Crippen molar-refractivity contribution < 1.29 is 4.79 Å². The van der Waals surface area contributed by atoms with Crippen molar-refractivity contribution in [2.24, 2.45) is 0 Å². The lowest BCUT2D eigenvalue weighted by atomic mass is 9.99. The Hall–Kier alpha value is -1.61. The van der Waals surface area contributed by atoms with Crippen LogP contribution >= 0.6 is 15.9 Å². The smallest absolute Gasteiger partial charge is 0.195 e. The quantitative estimate of drug-likeness (QED) is 0.802. The molecule has 2 aromatic carbocycles. The van der Waals surface area contributed by atoms with E-state index in [4.69, 9.17) is 0 Å². The van der Waals surface area contributed by atoms with Gasteiger partial charge in [0.25, 0.3) is 0 Å². The zero-order valence-corrected chi connectivity index (χ0v) is 10.6. The van der Waals surface area contributed by atoms with Crippen LogP contribution in [0.2, 0.25) is 0 Å². The van der Waals surface area contributed by atoms with Crippen LogP contribution in [0.3, 0.4) is 0 Å². The maximum Gasteiger partial charge on any atom is 0.195 e. The fourth-order valence-electron chi connectivity index (χ4n) is 2.10. The molecule has 3 rings (SSSR count). The average Bonchev–Trinajstić information content (AvgIpc) is 2.48. The van der Waals surface area contributed by atoms with Gasteiger partial charge in [0.2, 0.25) is 0 Å². The summed E-state index contributed by atoms with van der Waals surface area (Å²) in [6.45, 7) is 0.678. The van der Waals surface area contributed by atoms with Crippen molar-refractivity contribution in [3.63, 3.8) is 0 Å². The van der Waals surface area contributed by atoms with E-state index in [0.29, 0.717) is 6.54 Å². The molecule has 0 saturated heterocycles. The topological polar surface area (TPSA) is 29.1 Å². The Bertz CT molecular complexity index is 607. The molecule has 1 heterocycles. The van der Waals surface area contributed by atoms with Crippen LogP contribution in [0.1, 0.15) is 21.5 Å². The Kier molecular flexibility index (Phi) is 2.48. The van der Waals surface area contributed by atoms with Crippen LogP contribution in [0, 0.1) is 0 Å². The minimum atomic E-state index is 0.0908. The number of ketones is 1. The average molecular weight is 288 g/mol. The number of fused-ring (bicyclic) bond motifs is 2. The van der Waals surface area contributed by atoms with Crippen molar-refractivity contribution in [1.82, 2.24) is 0 Å². The lowest BCUT2D eigenvalue weighted by molar-refractivity contribution is 0.103. The van der Waals surface area contributed by atoms with Crippen LogP contribution in [0.4, 0.5) is 5.69 Å². The second kappa shape index (κ2) is 4.00. The summed E-state index contributed by atoms with van der Waals surface area (Å²) in [5, 5.41) is 3.30. The summed E-state index contributed by atoms with van der Waals surface area (Å²) in [5.41, 5.74) is 3.46. The number of anilines is 1. The number of hydrogen-bond donors (Lipinski definition) is 1. The van der Waals surface area contributed by atoms with Gasteiger partial charge in [-0.1, -0.05) is 28.1 Å². The van der Waals surface area contributed by atoms with Gasteiger partial charge >= 0.3 is 0 Å². The molecule has 0 spiro atoms. The Morgan fingerprint density at radius 3 is 2.76 bits per heavy atom. The van der Waals surface area contributed by atoms with E-state index in [1.54, 1.807) is 0 Å². The zero-order chi connectivity index (χ0) is 11.8. The first-order chi connectivity index (χ1) is 8.25. The lowest BCUT2D eigenvalue weighted by Gasteiger charge is -2.05. The molecule has 0 saturated carbocycles. The van der Waals surface area contributed by atoms with E-state index in [-0.39, 0.29) is 5.78 Å². The number of hydrogen-bond acceptors (Lipinski definition) is 2. The Morgan fingerprint density at radius 1 is 1.06 bits per heavy atom. The summed E-state index contributed by atoms with van der Waals surface area (Å²) < 4.78 is 0.997. The van der Waals surface area contributed by atoms with Crippen molar-refractivity contribution in [2.75, 3.05) is 5.32 Å². The van der Waals surface area contributed by atoms with Gasteiger partial charge < -0.3 is 5.32 Å². The number of para-hydroxylation sites is 1. The van der Waals surface area contributed by atoms with Gasteiger partial charge in [-0.25, -0.2) is 0 Å². The molecule has 1 aliphatic rings. The normalized spacial score (nSPS) is 13.4. The summed E-state index contributed by atoms with van der Waals surface area (Å²) in [4.78, 5) is 12.4. The van der Waals surface area contributed by atoms with Gasteiger partial charge in [0.15, 0.2) is 5.78 Å². The number of benzene rings is 2. The van der Waals surface area contributed by atoms with Crippen LogP contribution in [-0.2, 0) is 6.54 Å². The van der Waals surface area contributed by atoms with Gasteiger partial charge in [-0.2, -0.15) is 0 Å². The van der Waals surface area contributed by atoms with Gasteiger partial charge in [-0.05, 0) is 35.9 Å². The van der Waals surface area contributed by atoms with Crippen molar-refractivity contribution >= 4 is 27.4 Å². The molecule has 1 aliphatic heterocycles. The highest BCUT2D eigenvalue weighted by Gasteiger charge is 2.20. The third kappa shape index (κ3) is 1.76. The molecule has 3 heteroatoms. The predicted octanol–water partition coefficient (Wildman–Crippen LogP) is 3.61. The molecule has 17 heavy (non-hydrogen) atoms. The molecule has 84 valence electrons. The highest BCUT2D eigenvalue weighted by molar-refractivity contribution is 9.10. The summed E-state index contributed by atoms with van der Waals surface area (Å²) >= 11 is 3.43. The number of carbonyl (C=O) groups is 1. The minimum Gasteiger partial charge on any atom is -0.380 e. The van der Waals surface area contributed by atoms with Crippen LogP contribution in [0.25, 0.3) is 0 Å². The third-order valence-corrected chi connectivity index (χ3v) is 3.45. The highest BCUT2D eigenvalue weighted by Crippen LogP contribution is 2.27. The highest BCUT2D eigenvalue weighted by atomic mass is 79.9. The molecule has 0 radical (unpaired) electrons. The van der Waals surface area contributed by atoms with E-state index in [1.165, 1.54) is 0 Å². The van der Waals surface area contributed by atoms with E-state index < -0.39 is 0 Å². The van der Waals surface area contributed by atoms with Gasteiger partial charge in [-0.3, -0.25) is 4.79 Å². The summed E-state index contributed by atoms with van der Waals surface area (Å²) in [5.74, 6) is 0.0908. The molecule has 0 bridgehead atoms. The van der Waals surface area contributed by atoms with E-state index in [9.17, 15) is 4.79 Å². The van der Waals surface area contributed by atoms with Crippen molar-refractivity contribution in [2.45, 2.75) is 6.54 Å². The van der Waals surface area contributed by atoms with Crippen LogP contribution in [-0.4, -0.2) is 5.78 Å². The van der Waals surface area contributed by atoms with E-state index in [2.05, 4.69) is 21.2 Å². The first-order valence-electron chi connectivity index (χ1n) is 5.42. The van der Waals surface area contributed by atoms with E-state index in [1.807, 2.05) is 42.5 Å². The molecule has 0 amide bonds. The molecule has 0 unspecified atom stereocenters. The lowest BCUT2D eigenvalue weighted by Crippen LogP contribution is -2.02. The maximum absolute atomic E-state index is 12.4. The van der Waals surface area contributed by atoms with Crippen LogP contribution in [0.5, 0.6) is 0 Å². The summed E-state index contributed by atoms with van der Waals surface area (Å²) in [6.07, 6.45) is 0. The molecule has 0 fully saturated rings. The van der Waals surface area contributed by atoms with E-state index in [0.717, 1.165) is 26.9 Å².